The number of fused-ring (bicyclic) bond motifs is 3. The van der Waals surface area contributed by atoms with Crippen molar-refractivity contribution in [1.29, 1.82) is 0 Å². The molecule has 1 aromatic rings. The van der Waals surface area contributed by atoms with Crippen LogP contribution in [0, 0.1) is 0 Å². The zero-order valence-corrected chi connectivity index (χ0v) is 14.3. The molecule has 4 rings (SSSR count). The number of nitrogens with zero attached hydrogens (tertiary/aromatic N) is 6. The Morgan fingerprint density at radius 3 is 2.83 bits per heavy atom. The van der Waals surface area contributed by atoms with Crippen LogP contribution in [-0.4, -0.2) is 94.1 Å². The molecule has 2 saturated heterocycles. The average Bonchev–Trinajstić information content (AvgIpc) is 3.11. The van der Waals surface area contributed by atoms with Crippen LogP contribution < -0.4 is 0 Å². The van der Waals surface area contributed by atoms with E-state index in [2.05, 4.69) is 27.0 Å². The lowest BCUT2D eigenvalue weighted by molar-refractivity contribution is -0.139. The topological polar surface area (TPSA) is 66.7 Å². The van der Waals surface area contributed by atoms with Gasteiger partial charge in [-0.3, -0.25) is 9.69 Å². The molecule has 8 nitrogen and oxygen atoms in total. The lowest BCUT2D eigenvalue weighted by atomic mass is 10.0. The minimum absolute atomic E-state index is 0.103. The normalized spacial score (nSPS) is 28.5. The Kier molecular flexibility index (Phi) is 4.51. The van der Waals surface area contributed by atoms with Gasteiger partial charge in [-0.05, 0) is 13.0 Å². The van der Waals surface area contributed by atoms with Crippen molar-refractivity contribution in [2.45, 2.75) is 32.1 Å². The molecule has 2 atom stereocenters. The second-order valence-electron chi connectivity index (χ2n) is 6.93. The first kappa shape index (κ1) is 16.0. The number of amides is 1. The number of hydrogen-bond donors (Lipinski definition) is 0. The van der Waals surface area contributed by atoms with Crippen LogP contribution in [0.3, 0.4) is 0 Å². The summed E-state index contributed by atoms with van der Waals surface area (Å²) < 4.78 is 7.87. The average molecular weight is 334 g/mol. The van der Waals surface area contributed by atoms with Crippen molar-refractivity contribution in [2.75, 3.05) is 52.4 Å². The Morgan fingerprint density at radius 1 is 1.25 bits per heavy atom. The van der Waals surface area contributed by atoms with E-state index in [1.165, 1.54) is 0 Å². The molecule has 0 radical (unpaired) electrons. The van der Waals surface area contributed by atoms with Crippen molar-refractivity contribution in [1.82, 2.24) is 29.7 Å². The second kappa shape index (κ2) is 6.78. The molecule has 1 amide bonds. The highest BCUT2D eigenvalue weighted by molar-refractivity contribution is 5.78. The molecule has 132 valence electrons. The molecule has 24 heavy (non-hydrogen) atoms. The van der Waals surface area contributed by atoms with E-state index in [0.29, 0.717) is 19.7 Å². The molecule has 8 heteroatoms. The van der Waals surface area contributed by atoms with Gasteiger partial charge < -0.3 is 14.5 Å². The van der Waals surface area contributed by atoms with E-state index >= 15 is 0 Å². The molecular weight excluding hydrogens is 308 g/mol. The lowest BCUT2D eigenvalue weighted by Gasteiger charge is -2.42. The molecule has 4 heterocycles. The van der Waals surface area contributed by atoms with Crippen molar-refractivity contribution >= 4 is 5.91 Å². The van der Waals surface area contributed by atoms with E-state index in [9.17, 15) is 4.79 Å². The number of carbonyl (C=O) groups excluding carboxylic acids is 1. The summed E-state index contributed by atoms with van der Waals surface area (Å²) in [6.45, 7) is 9.92. The molecule has 1 aromatic heterocycles. The van der Waals surface area contributed by atoms with Gasteiger partial charge in [0.1, 0.15) is 0 Å². The van der Waals surface area contributed by atoms with Crippen LogP contribution >= 0.6 is 0 Å². The fourth-order valence-electron chi connectivity index (χ4n) is 3.96. The molecule has 2 fully saturated rings. The van der Waals surface area contributed by atoms with Crippen molar-refractivity contribution < 1.29 is 9.53 Å². The Morgan fingerprint density at radius 2 is 2.04 bits per heavy atom. The smallest absolute Gasteiger partial charge is 0.236 e. The molecule has 3 aliphatic rings. The molecule has 0 aromatic carbocycles. The number of hydrogen-bond acceptors (Lipinski definition) is 6. The van der Waals surface area contributed by atoms with E-state index in [4.69, 9.17) is 4.74 Å². The van der Waals surface area contributed by atoms with Gasteiger partial charge in [0.15, 0.2) is 0 Å². The maximum absolute atomic E-state index is 12.7. The lowest BCUT2D eigenvalue weighted by Crippen LogP contribution is -2.54. The van der Waals surface area contributed by atoms with Crippen LogP contribution in [0.2, 0.25) is 0 Å². The number of rotatable bonds is 3. The van der Waals surface area contributed by atoms with Crippen LogP contribution in [-0.2, 0) is 16.1 Å². The third kappa shape index (κ3) is 3.05. The highest BCUT2D eigenvalue weighted by Crippen LogP contribution is 2.30. The standard InChI is InChI=1S/C16H26N6O2/c1-2-19-5-7-20(8-6-19)11-16(23)21-4-3-15-14(10-21)22-13(12-24-15)9-17-18-22/h9,14-15H,2-8,10-12H2,1H3/t14-,15+/m0/s1. The summed E-state index contributed by atoms with van der Waals surface area (Å²) in [5, 5.41) is 8.19. The number of likely N-dealkylation sites (N-methyl/N-ethyl adjacent to an activating group) is 1. The fourth-order valence-corrected chi connectivity index (χ4v) is 3.96. The zero-order valence-electron chi connectivity index (χ0n) is 14.3. The Balaban J connectivity index is 1.35. The molecule has 0 saturated carbocycles. The first-order chi connectivity index (χ1) is 11.7. The maximum Gasteiger partial charge on any atom is 0.236 e. The van der Waals surface area contributed by atoms with E-state index in [1.54, 1.807) is 6.20 Å². The van der Waals surface area contributed by atoms with Crippen LogP contribution in [0.25, 0.3) is 0 Å². The van der Waals surface area contributed by atoms with Crippen molar-refractivity contribution in [3.05, 3.63) is 11.9 Å². The number of piperidine rings is 1. The van der Waals surface area contributed by atoms with Crippen molar-refractivity contribution in [2.24, 2.45) is 0 Å². The molecule has 0 bridgehead atoms. The summed E-state index contributed by atoms with van der Waals surface area (Å²) in [6, 6.07) is 0.103. The van der Waals surface area contributed by atoms with Crippen LogP contribution in [0.15, 0.2) is 6.20 Å². The number of carbonyl (C=O) groups is 1. The Bertz CT molecular complexity index is 583. The summed E-state index contributed by atoms with van der Waals surface area (Å²) in [5.74, 6) is 0.227. The number of ether oxygens (including phenoxy) is 1. The SMILES string of the molecule is CCN1CCN(CC(=O)N2CC[C@H]3OCc4cnnn4[C@H]3C2)CC1. The predicted octanol–water partition coefficient (Wildman–Crippen LogP) is -0.412. The van der Waals surface area contributed by atoms with Crippen LogP contribution in [0.4, 0.5) is 0 Å². The van der Waals surface area contributed by atoms with Crippen LogP contribution in [0.1, 0.15) is 25.1 Å². The third-order valence-electron chi connectivity index (χ3n) is 5.55. The van der Waals surface area contributed by atoms with Gasteiger partial charge >= 0.3 is 0 Å². The van der Waals surface area contributed by atoms with Crippen LogP contribution in [0.5, 0.6) is 0 Å². The van der Waals surface area contributed by atoms with Gasteiger partial charge in [-0.2, -0.15) is 0 Å². The highest BCUT2D eigenvalue weighted by Gasteiger charge is 2.38. The first-order valence-corrected chi connectivity index (χ1v) is 8.97. The van der Waals surface area contributed by atoms with Gasteiger partial charge in [-0.15, -0.1) is 5.10 Å². The van der Waals surface area contributed by atoms with Gasteiger partial charge in [-0.1, -0.05) is 12.1 Å². The van der Waals surface area contributed by atoms with E-state index < -0.39 is 0 Å². The number of aromatic nitrogens is 3. The second-order valence-corrected chi connectivity index (χ2v) is 6.93. The molecule has 0 unspecified atom stereocenters. The van der Waals surface area contributed by atoms with Gasteiger partial charge in [0.05, 0.1) is 37.2 Å². The highest BCUT2D eigenvalue weighted by atomic mass is 16.5. The quantitative estimate of drug-likeness (QED) is 0.749. The summed E-state index contributed by atoms with van der Waals surface area (Å²) >= 11 is 0. The molecule has 0 spiro atoms. The van der Waals surface area contributed by atoms with Gasteiger partial charge in [0.2, 0.25) is 5.91 Å². The minimum atomic E-state index is 0.103. The van der Waals surface area contributed by atoms with Gasteiger partial charge in [0.25, 0.3) is 0 Å². The monoisotopic (exact) mass is 334 g/mol. The van der Waals surface area contributed by atoms with E-state index in [1.807, 2.05) is 9.58 Å². The van der Waals surface area contributed by atoms with Gasteiger partial charge in [0, 0.05) is 39.3 Å². The predicted molar refractivity (Wildman–Crippen MR) is 87.4 cm³/mol. The van der Waals surface area contributed by atoms with Crippen molar-refractivity contribution in [3.63, 3.8) is 0 Å². The molecule has 0 N–H and O–H groups in total. The van der Waals surface area contributed by atoms with E-state index in [-0.39, 0.29) is 18.1 Å². The van der Waals surface area contributed by atoms with Crippen molar-refractivity contribution in [3.8, 4) is 0 Å². The maximum atomic E-state index is 12.7. The summed E-state index contributed by atoms with van der Waals surface area (Å²) in [6.07, 6.45) is 2.78. The van der Waals surface area contributed by atoms with Gasteiger partial charge in [-0.25, -0.2) is 4.68 Å². The molecule has 0 aliphatic carbocycles. The Labute approximate surface area is 142 Å². The summed E-state index contributed by atoms with van der Waals surface area (Å²) in [4.78, 5) is 19.4. The number of likely N-dealkylation sites (tertiary alicyclic amines) is 1. The molecule has 3 aliphatic heterocycles. The fraction of sp³-hybridized carbons (Fsp3) is 0.812. The summed E-state index contributed by atoms with van der Waals surface area (Å²) in [5.41, 5.74) is 1.00. The largest absolute Gasteiger partial charge is 0.370 e. The number of piperazine rings is 1. The Hall–Kier alpha value is -1.51. The zero-order chi connectivity index (χ0) is 16.5. The van der Waals surface area contributed by atoms with E-state index in [0.717, 1.165) is 51.4 Å². The summed E-state index contributed by atoms with van der Waals surface area (Å²) in [7, 11) is 0. The first-order valence-electron chi connectivity index (χ1n) is 8.97. The minimum Gasteiger partial charge on any atom is -0.370 e. The third-order valence-corrected chi connectivity index (χ3v) is 5.55. The molecular formula is C16H26N6O2.